The van der Waals surface area contributed by atoms with Crippen LogP contribution in [-0.4, -0.2) is 25.9 Å². The average molecular weight is 287 g/mol. The van der Waals surface area contributed by atoms with E-state index in [2.05, 4.69) is 6.07 Å². The minimum absolute atomic E-state index is 0.00799. The van der Waals surface area contributed by atoms with Crippen LogP contribution in [0.5, 0.6) is 0 Å². The van der Waals surface area contributed by atoms with E-state index in [0.29, 0.717) is 5.39 Å². The maximum absolute atomic E-state index is 11.1. The summed E-state index contributed by atoms with van der Waals surface area (Å²) < 4.78 is 62.1. The highest BCUT2D eigenvalue weighted by atomic mass is 32.2. The van der Waals surface area contributed by atoms with Gasteiger partial charge in [0.25, 0.3) is 20.2 Å². The van der Waals surface area contributed by atoms with Crippen LogP contribution in [-0.2, 0) is 20.2 Å². The molecule has 0 amide bonds. The van der Waals surface area contributed by atoms with E-state index in [-0.39, 0.29) is 5.39 Å². The van der Waals surface area contributed by atoms with Crippen molar-refractivity contribution in [2.45, 2.75) is 9.79 Å². The first-order chi connectivity index (χ1) is 8.19. The quantitative estimate of drug-likeness (QED) is 0.801. The molecule has 1 radical (unpaired) electrons. The van der Waals surface area contributed by atoms with Crippen LogP contribution in [0, 0.1) is 6.07 Å². The number of benzene rings is 2. The first kappa shape index (κ1) is 13.0. The van der Waals surface area contributed by atoms with Crippen molar-refractivity contribution in [3.8, 4) is 0 Å². The molecule has 0 spiro atoms. The fourth-order valence-electron chi connectivity index (χ4n) is 1.53. The van der Waals surface area contributed by atoms with Crippen LogP contribution >= 0.6 is 0 Å². The Bertz CT molecular complexity index is 821. The Morgan fingerprint density at radius 3 is 2.17 bits per heavy atom. The van der Waals surface area contributed by atoms with Gasteiger partial charge < -0.3 is 0 Å². The molecule has 0 aliphatic carbocycles. The Hall–Kier alpha value is -1.48. The first-order valence-electron chi connectivity index (χ1n) is 4.58. The van der Waals surface area contributed by atoms with Crippen molar-refractivity contribution in [3.05, 3.63) is 36.4 Å². The standard InChI is InChI=1S/C10H7O6S2/c11-17(12,13)8-5-4-7-2-1-3-10(9(7)6-8)18(14,15)16/h2-6H,(H,11,12,13)(H,14,15,16). The molecule has 2 aromatic carbocycles. The van der Waals surface area contributed by atoms with E-state index in [1.807, 2.05) is 0 Å². The second-order valence-electron chi connectivity index (χ2n) is 3.52. The van der Waals surface area contributed by atoms with Gasteiger partial charge in [-0.3, -0.25) is 9.11 Å². The molecule has 0 bridgehead atoms. The smallest absolute Gasteiger partial charge is 0.282 e. The van der Waals surface area contributed by atoms with Gasteiger partial charge in [0, 0.05) is 5.39 Å². The number of hydrogen-bond acceptors (Lipinski definition) is 4. The summed E-state index contributed by atoms with van der Waals surface area (Å²) in [6, 6.07) is 8.37. The molecule has 8 heteroatoms. The van der Waals surface area contributed by atoms with Gasteiger partial charge in [0.1, 0.15) is 4.90 Å². The molecule has 0 unspecified atom stereocenters. The fourth-order valence-corrected chi connectivity index (χ4v) is 2.71. The lowest BCUT2D eigenvalue weighted by molar-refractivity contribution is 0.480. The van der Waals surface area contributed by atoms with E-state index in [1.54, 1.807) is 0 Å². The molecule has 2 aromatic rings. The Labute approximate surface area is 103 Å². The highest BCUT2D eigenvalue weighted by Crippen LogP contribution is 2.25. The molecule has 0 heterocycles. The van der Waals surface area contributed by atoms with E-state index >= 15 is 0 Å². The molecule has 6 nitrogen and oxygen atoms in total. The second kappa shape index (κ2) is 4.02. The molecule has 0 atom stereocenters. The van der Waals surface area contributed by atoms with Crippen LogP contribution in [0.15, 0.2) is 40.1 Å². The summed E-state index contributed by atoms with van der Waals surface area (Å²) in [6.07, 6.45) is 0. The average Bonchev–Trinajstić information content (AvgIpc) is 2.25. The van der Waals surface area contributed by atoms with Crippen molar-refractivity contribution in [2.75, 3.05) is 0 Å². The van der Waals surface area contributed by atoms with Gasteiger partial charge in [-0.15, -0.1) is 0 Å². The van der Waals surface area contributed by atoms with Crippen LogP contribution in [0.25, 0.3) is 10.8 Å². The Kier molecular flexibility index (Phi) is 2.90. The van der Waals surface area contributed by atoms with Crippen molar-refractivity contribution in [3.63, 3.8) is 0 Å². The first-order valence-corrected chi connectivity index (χ1v) is 7.46. The third-order valence-electron chi connectivity index (χ3n) is 2.32. The zero-order valence-corrected chi connectivity index (χ0v) is 10.4. The van der Waals surface area contributed by atoms with Crippen molar-refractivity contribution < 1.29 is 25.9 Å². The van der Waals surface area contributed by atoms with Gasteiger partial charge in [-0.2, -0.15) is 16.8 Å². The van der Waals surface area contributed by atoms with Crippen molar-refractivity contribution in [1.82, 2.24) is 0 Å². The highest BCUT2D eigenvalue weighted by molar-refractivity contribution is 7.86. The van der Waals surface area contributed by atoms with Gasteiger partial charge in [-0.25, -0.2) is 0 Å². The Morgan fingerprint density at radius 2 is 1.61 bits per heavy atom. The third-order valence-corrected chi connectivity index (χ3v) is 4.06. The fraction of sp³-hybridized carbons (Fsp3) is 0. The van der Waals surface area contributed by atoms with Gasteiger partial charge in [-0.1, -0.05) is 6.07 Å². The molecule has 0 fully saturated rings. The van der Waals surface area contributed by atoms with Crippen molar-refractivity contribution in [1.29, 1.82) is 0 Å². The van der Waals surface area contributed by atoms with E-state index < -0.39 is 30.0 Å². The molecular weight excluding hydrogens is 280 g/mol. The molecule has 95 valence electrons. The van der Waals surface area contributed by atoms with Crippen molar-refractivity contribution >= 4 is 31.0 Å². The molecule has 0 aliphatic heterocycles. The number of fused-ring (bicyclic) bond motifs is 1. The van der Waals surface area contributed by atoms with E-state index in [4.69, 9.17) is 9.11 Å². The molecule has 2 N–H and O–H groups in total. The largest absolute Gasteiger partial charge is 0.295 e. The molecule has 0 saturated heterocycles. The SMILES string of the molecule is O=S(=O)(O)c1ccc2c[c]cc(S(=O)(=O)O)c2c1. The molecule has 0 aromatic heterocycles. The van der Waals surface area contributed by atoms with E-state index in [1.165, 1.54) is 12.1 Å². The molecule has 18 heavy (non-hydrogen) atoms. The maximum Gasteiger partial charge on any atom is 0.295 e. The lowest BCUT2D eigenvalue weighted by Gasteiger charge is -2.05. The molecule has 0 aliphatic rings. The summed E-state index contributed by atoms with van der Waals surface area (Å²) in [5, 5.41) is 0.365. The van der Waals surface area contributed by atoms with Crippen LogP contribution < -0.4 is 0 Å². The zero-order chi connectivity index (χ0) is 13.6. The molecule has 0 saturated carbocycles. The third kappa shape index (κ3) is 2.36. The number of rotatable bonds is 2. The van der Waals surface area contributed by atoms with Crippen LogP contribution in [0.4, 0.5) is 0 Å². The van der Waals surface area contributed by atoms with E-state index in [9.17, 15) is 16.8 Å². The van der Waals surface area contributed by atoms with Crippen LogP contribution in [0.2, 0.25) is 0 Å². The van der Waals surface area contributed by atoms with Crippen LogP contribution in [0.1, 0.15) is 0 Å². The molecule has 2 rings (SSSR count). The zero-order valence-electron chi connectivity index (χ0n) is 8.73. The highest BCUT2D eigenvalue weighted by Gasteiger charge is 2.16. The lowest BCUT2D eigenvalue weighted by Crippen LogP contribution is -2.01. The monoisotopic (exact) mass is 287 g/mol. The summed E-state index contributed by atoms with van der Waals surface area (Å²) in [6.45, 7) is 0. The van der Waals surface area contributed by atoms with Gasteiger partial charge in [-0.05, 0) is 35.7 Å². The normalized spacial score (nSPS) is 12.8. The summed E-state index contributed by atoms with van der Waals surface area (Å²) in [5.74, 6) is 0. The van der Waals surface area contributed by atoms with Crippen LogP contribution in [0.3, 0.4) is 0 Å². The van der Waals surface area contributed by atoms with Gasteiger partial charge in [0.15, 0.2) is 0 Å². The second-order valence-corrected chi connectivity index (χ2v) is 6.33. The maximum atomic E-state index is 11.1. The summed E-state index contributed by atoms with van der Waals surface area (Å²) in [4.78, 5) is -0.920. The summed E-state index contributed by atoms with van der Waals surface area (Å²) >= 11 is 0. The Morgan fingerprint density at radius 1 is 0.944 bits per heavy atom. The molecular formula is C10H7O6S2. The minimum atomic E-state index is -4.50. The van der Waals surface area contributed by atoms with Gasteiger partial charge >= 0.3 is 0 Å². The minimum Gasteiger partial charge on any atom is -0.282 e. The van der Waals surface area contributed by atoms with E-state index in [0.717, 1.165) is 18.2 Å². The predicted octanol–water partition coefficient (Wildman–Crippen LogP) is 1.13. The van der Waals surface area contributed by atoms with Gasteiger partial charge in [0.05, 0.1) is 4.90 Å². The lowest BCUT2D eigenvalue weighted by atomic mass is 10.1. The summed E-state index contributed by atoms with van der Waals surface area (Å²) in [5.41, 5.74) is 0. The van der Waals surface area contributed by atoms with Gasteiger partial charge in [0.2, 0.25) is 0 Å². The summed E-state index contributed by atoms with van der Waals surface area (Å²) in [7, 11) is -8.94. The Balaban J connectivity index is 2.91. The topological polar surface area (TPSA) is 109 Å². The van der Waals surface area contributed by atoms with Crippen molar-refractivity contribution in [2.24, 2.45) is 0 Å². The number of hydrogen-bond donors (Lipinski definition) is 2. The predicted molar refractivity (Wildman–Crippen MR) is 62.4 cm³/mol.